The van der Waals surface area contributed by atoms with Crippen molar-refractivity contribution in [2.45, 2.75) is 0 Å². The van der Waals surface area contributed by atoms with Crippen LogP contribution in [-0.2, 0) is 9.53 Å². The van der Waals surface area contributed by atoms with Crippen molar-refractivity contribution in [2.75, 3.05) is 13.7 Å². The molecule has 0 heterocycles. The number of rotatable bonds is 2. The van der Waals surface area contributed by atoms with E-state index in [1.807, 2.05) is 0 Å². The molecule has 0 spiro atoms. The van der Waals surface area contributed by atoms with Crippen LogP contribution >= 0.6 is 0 Å². The van der Waals surface area contributed by atoms with Crippen molar-refractivity contribution in [3.63, 3.8) is 0 Å². The molecule has 0 bridgehead atoms. The number of aliphatic hydroxyl groups is 1. The Balaban J connectivity index is 3.93. The van der Waals surface area contributed by atoms with Crippen molar-refractivity contribution in [3.8, 4) is 23.7 Å². The van der Waals surface area contributed by atoms with E-state index in [9.17, 15) is 4.79 Å². The summed E-state index contributed by atoms with van der Waals surface area (Å²) in [6, 6.07) is 0. The van der Waals surface area contributed by atoms with Crippen molar-refractivity contribution in [3.05, 3.63) is 24.3 Å². The van der Waals surface area contributed by atoms with Crippen molar-refractivity contribution in [2.24, 2.45) is 0 Å². The molecule has 0 fully saturated rings. The number of esters is 1. The lowest BCUT2D eigenvalue weighted by Crippen LogP contribution is -1.92. The van der Waals surface area contributed by atoms with Crippen LogP contribution in [0.5, 0.6) is 0 Å². The summed E-state index contributed by atoms with van der Waals surface area (Å²) >= 11 is 0. The van der Waals surface area contributed by atoms with Crippen LogP contribution in [0.4, 0.5) is 0 Å². The molecule has 0 unspecified atom stereocenters. The fourth-order valence-electron chi connectivity index (χ4n) is 0.445. The minimum Gasteiger partial charge on any atom is -0.466 e. The SMILES string of the molecule is COC(=O)/C=C/C#CC#C/C=C\CO. The Kier molecular flexibility index (Phi) is 7.84. The first kappa shape index (κ1) is 12.0. The number of hydrogen-bond donors (Lipinski definition) is 1. The highest BCUT2D eigenvalue weighted by atomic mass is 16.5. The second-order valence-corrected chi connectivity index (χ2v) is 1.98. The van der Waals surface area contributed by atoms with Gasteiger partial charge in [-0.2, -0.15) is 0 Å². The first-order chi connectivity index (χ1) is 6.81. The molecule has 14 heavy (non-hydrogen) atoms. The number of methoxy groups -OCH3 is 1. The third kappa shape index (κ3) is 8.13. The highest BCUT2D eigenvalue weighted by molar-refractivity contribution is 5.82. The quantitative estimate of drug-likeness (QED) is 0.386. The van der Waals surface area contributed by atoms with Gasteiger partial charge >= 0.3 is 5.97 Å². The molecule has 0 aromatic carbocycles. The number of carbonyl (C=O) groups is 1. The maximum atomic E-state index is 10.5. The van der Waals surface area contributed by atoms with Gasteiger partial charge in [-0.25, -0.2) is 4.79 Å². The van der Waals surface area contributed by atoms with E-state index >= 15 is 0 Å². The van der Waals surface area contributed by atoms with E-state index < -0.39 is 5.97 Å². The summed E-state index contributed by atoms with van der Waals surface area (Å²) < 4.78 is 4.34. The fraction of sp³-hybridized carbons (Fsp3) is 0.182. The van der Waals surface area contributed by atoms with Crippen LogP contribution in [0.2, 0.25) is 0 Å². The Hall–Kier alpha value is -1.97. The van der Waals surface area contributed by atoms with Crippen molar-refractivity contribution in [1.29, 1.82) is 0 Å². The summed E-state index contributed by atoms with van der Waals surface area (Å²) in [6.07, 6.45) is 5.56. The Morgan fingerprint density at radius 2 is 2.00 bits per heavy atom. The molecule has 0 aliphatic rings. The van der Waals surface area contributed by atoms with Crippen LogP contribution in [0.3, 0.4) is 0 Å². The van der Waals surface area contributed by atoms with E-state index in [0.717, 1.165) is 0 Å². The molecule has 0 aliphatic heterocycles. The molecule has 0 aromatic heterocycles. The zero-order valence-corrected chi connectivity index (χ0v) is 7.78. The van der Waals surface area contributed by atoms with Gasteiger partial charge in [0, 0.05) is 6.08 Å². The summed E-state index contributed by atoms with van der Waals surface area (Å²) in [5, 5.41) is 8.34. The smallest absolute Gasteiger partial charge is 0.331 e. The Bertz CT molecular complexity index is 342. The van der Waals surface area contributed by atoms with E-state index in [1.165, 1.54) is 31.4 Å². The van der Waals surface area contributed by atoms with E-state index in [-0.39, 0.29) is 6.61 Å². The van der Waals surface area contributed by atoms with Crippen molar-refractivity contribution >= 4 is 5.97 Å². The number of hydrogen-bond acceptors (Lipinski definition) is 3. The standard InChI is InChI=1S/C11H10O3/c1-14-11(13)9-7-5-3-2-4-6-8-10-12/h6-9,12H,10H2,1H3/b8-6-,9-7+. The minimum absolute atomic E-state index is 0.0373. The second kappa shape index (κ2) is 9.12. The number of allylic oxidation sites excluding steroid dienone is 2. The Morgan fingerprint density at radius 3 is 2.57 bits per heavy atom. The molecule has 3 heteroatoms. The molecule has 0 radical (unpaired) electrons. The average Bonchev–Trinajstić information content (AvgIpc) is 2.21. The minimum atomic E-state index is -0.451. The van der Waals surface area contributed by atoms with Gasteiger partial charge in [0.15, 0.2) is 0 Å². The van der Waals surface area contributed by atoms with Crippen LogP contribution in [-0.4, -0.2) is 24.8 Å². The zero-order valence-electron chi connectivity index (χ0n) is 7.78. The van der Waals surface area contributed by atoms with Gasteiger partial charge in [0.1, 0.15) is 0 Å². The lowest BCUT2D eigenvalue weighted by Gasteiger charge is -1.84. The maximum absolute atomic E-state index is 10.5. The fourth-order valence-corrected chi connectivity index (χ4v) is 0.445. The molecule has 0 aromatic rings. The van der Waals surface area contributed by atoms with Gasteiger partial charge in [-0.3, -0.25) is 0 Å². The average molecular weight is 190 g/mol. The van der Waals surface area contributed by atoms with E-state index in [0.29, 0.717) is 0 Å². The molecular weight excluding hydrogens is 180 g/mol. The van der Waals surface area contributed by atoms with Crippen molar-refractivity contribution in [1.82, 2.24) is 0 Å². The molecule has 3 nitrogen and oxygen atoms in total. The van der Waals surface area contributed by atoms with Gasteiger partial charge in [0.05, 0.1) is 13.7 Å². The molecule has 0 rings (SSSR count). The highest BCUT2D eigenvalue weighted by Gasteiger charge is 1.85. The molecule has 0 aliphatic carbocycles. The molecular formula is C11H10O3. The molecule has 0 saturated carbocycles. The van der Waals surface area contributed by atoms with Gasteiger partial charge in [0.2, 0.25) is 0 Å². The van der Waals surface area contributed by atoms with Crippen LogP contribution in [0.25, 0.3) is 0 Å². The maximum Gasteiger partial charge on any atom is 0.331 e. The lowest BCUT2D eigenvalue weighted by atomic mass is 10.4. The van der Waals surface area contributed by atoms with Crippen LogP contribution in [0.1, 0.15) is 0 Å². The zero-order chi connectivity index (χ0) is 10.6. The molecule has 1 N–H and O–H groups in total. The molecule has 72 valence electrons. The summed E-state index contributed by atoms with van der Waals surface area (Å²) in [4.78, 5) is 10.5. The van der Waals surface area contributed by atoms with Crippen LogP contribution in [0.15, 0.2) is 24.3 Å². The predicted molar refractivity (Wildman–Crippen MR) is 52.9 cm³/mol. The van der Waals surface area contributed by atoms with Gasteiger partial charge < -0.3 is 9.84 Å². The number of carbonyl (C=O) groups excluding carboxylic acids is 1. The first-order valence-corrected chi connectivity index (χ1v) is 3.82. The lowest BCUT2D eigenvalue weighted by molar-refractivity contribution is -0.134. The van der Waals surface area contributed by atoms with E-state index in [1.54, 1.807) is 0 Å². The van der Waals surface area contributed by atoms with Crippen LogP contribution in [0, 0.1) is 23.7 Å². The molecule has 0 saturated heterocycles. The van der Waals surface area contributed by atoms with Gasteiger partial charge in [0.25, 0.3) is 0 Å². The number of ether oxygens (including phenoxy) is 1. The summed E-state index contributed by atoms with van der Waals surface area (Å²) in [5.74, 6) is 9.63. The van der Waals surface area contributed by atoms with Crippen molar-refractivity contribution < 1.29 is 14.6 Å². The normalized spacial score (nSPS) is 9.00. The van der Waals surface area contributed by atoms with E-state index in [2.05, 4.69) is 28.4 Å². The third-order valence-corrected chi connectivity index (χ3v) is 1.02. The van der Waals surface area contributed by atoms with E-state index in [4.69, 9.17) is 5.11 Å². The third-order valence-electron chi connectivity index (χ3n) is 1.02. The second-order valence-electron chi connectivity index (χ2n) is 1.98. The van der Waals surface area contributed by atoms with Gasteiger partial charge in [-0.15, -0.1) is 0 Å². The number of aliphatic hydroxyl groups excluding tert-OH is 1. The topological polar surface area (TPSA) is 46.5 Å². The predicted octanol–water partition coefficient (Wildman–Crippen LogP) is 0.271. The summed E-state index contributed by atoms with van der Waals surface area (Å²) in [6.45, 7) is -0.0373. The largest absolute Gasteiger partial charge is 0.466 e. The highest BCUT2D eigenvalue weighted by Crippen LogP contribution is 1.75. The van der Waals surface area contributed by atoms with Gasteiger partial charge in [-0.05, 0) is 24.0 Å². The first-order valence-electron chi connectivity index (χ1n) is 3.82. The molecule has 0 atom stereocenters. The summed E-state index contributed by atoms with van der Waals surface area (Å²) in [5.41, 5.74) is 0. The summed E-state index contributed by atoms with van der Waals surface area (Å²) in [7, 11) is 1.29. The Morgan fingerprint density at radius 1 is 1.36 bits per heavy atom. The Labute approximate surface area is 83.1 Å². The molecule has 0 amide bonds. The van der Waals surface area contributed by atoms with Crippen LogP contribution < -0.4 is 0 Å². The van der Waals surface area contributed by atoms with Gasteiger partial charge in [-0.1, -0.05) is 17.9 Å². The monoisotopic (exact) mass is 190 g/mol.